The van der Waals surface area contributed by atoms with Gasteiger partial charge in [0.15, 0.2) is 0 Å². The monoisotopic (exact) mass is 484 g/mol. The van der Waals surface area contributed by atoms with Crippen LogP contribution in [-0.2, 0) is 19.1 Å². The first-order chi connectivity index (χ1) is 16.3. The molecule has 1 aliphatic rings. The Morgan fingerprint density at radius 3 is 2.18 bits per heavy atom. The quantitative estimate of drug-likeness (QED) is 0.563. The SMILES string of the molecule is COC(=O)C1=C(N)n2c(sc(=Cc3ccccc3F)c2=O)=C(C(=O)OC)[C@H]1c1ccccc1F. The molecular formula is C24H18F2N2O5S. The van der Waals surface area contributed by atoms with Gasteiger partial charge in [-0.3, -0.25) is 9.36 Å². The fourth-order valence-corrected chi connectivity index (χ4v) is 4.98. The molecule has 0 unspecified atom stereocenters. The van der Waals surface area contributed by atoms with Crippen LogP contribution in [0.5, 0.6) is 0 Å². The number of hydrogen-bond donors (Lipinski definition) is 1. The van der Waals surface area contributed by atoms with Crippen LogP contribution in [0.15, 0.2) is 58.9 Å². The highest BCUT2D eigenvalue weighted by atomic mass is 32.1. The second-order valence-electron chi connectivity index (χ2n) is 7.23. The third-order valence-corrected chi connectivity index (χ3v) is 6.48. The minimum Gasteiger partial charge on any atom is -0.466 e. The normalized spacial score (nSPS) is 15.8. The molecule has 0 saturated carbocycles. The van der Waals surface area contributed by atoms with Gasteiger partial charge in [0, 0.05) is 11.1 Å². The number of rotatable bonds is 4. The molecule has 10 heteroatoms. The van der Waals surface area contributed by atoms with Crippen LogP contribution in [-0.4, -0.2) is 30.7 Å². The van der Waals surface area contributed by atoms with Gasteiger partial charge in [0.2, 0.25) is 0 Å². The number of ether oxygens (including phenoxy) is 2. The maximum Gasteiger partial charge on any atom is 0.338 e. The van der Waals surface area contributed by atoms with E-state index in [2.05, 4.69) is 0 Å². The van der Waals surface area contributed by atoms with Crippen LogP contribution in [0.1, 0.15) is 17.0 Å². The largest absolute Gasteiger partial charge is 0.466 e. The lowest BCUT2D eigenvalue weighted by Gasteiger charge is -2.26. The average Bonchev–Trinajstić information content (AvgIpc) is 3.15. The Bertz CT molecular complexity index is 1540. The lowest BCUT2D eigenvalue weighted by atomic mass is 9.83. The molecule has 7 nitrogen and oxygen atoms in total. The van der Waals surface area contributed by atoms with Crippen LogP contribution in [0.3, 0.4) is 0 Å². The molecule has 174 valence electrons. The second kappa shape index (κ2) is 9.06. The zero-order valence-corrected chi connectivity index (χ0v) is 18.8. The number of carbonyl (C=O) groups is 2. The molecule has 0 radical (unpaired) electrons. The van der Waals surface area contributed by atoms with Gasteiger partial charge in [-0.25, -0.2) is 18.4 Å². The molecule has 1 aromatic heterocycles. The van der Waals surface area contributed by atoms with E-state index in [0.29, 0.717) is 0 Å². The maximum absolute atomic E-state index is 14.9. The van der Waals surface area contributed by atoms with Gasteiger partial charge in [-0.15, -0.1) is 11.3 Å². The number of fused-ring (bicyclic) bond motifs is 1. The number of halogens is 2. The highest BCUT2D eigenvalue weighted by molar-refractivity contribution is 7.07. The molecule has 2 aromatic carbocycles. The first-order valence-electron chi connectivity index (χ1n) is 9.93. The van der Waals surface area contributed by atoms with Gasteiger partial charge in [0.1, 0.15) is 22.1 Å². The minimum atomic E-state index is -1.31. The van der Waals surface area contributed by atoms with Crippen molar-refractivity contribution in [3.05, 3.63) is 96.4 Å². The van der Waals surface area contributed by atoms with E-state index in [0.717, 1.165) is 30.1 Å². The van der Waals surface area contributed by atoms with Gasteiger partial charge in [-0.1, -0.05) is 36.4 Å². The Kier molecular flexibility index (Phi) is 6.16. The summed E-state index contributed by atoms with van der Waals surface area (Å²) in [5.41, 5.74) is 5.22. The number of aromatic nitrogens is 1. The molecule has 4 rings (SSSR count). The molecule has 3 aromatic rings. The van der Waals surface area contributed by atoms with Crippen molar-refractivity contribution >= 4 is 40.7 Å². The average molecular weight is 484 g/mol. The zero-order valence-electron chi connectivity index (χ0n) is 18.0. The van der Waals surface area contributed by atoms with E-state index in [9.17, 15) is 23.2 Å². The van der Waals surface area contributed by atoms with Gasteiger partial charge in [-0.2, -0.15) is 0 Å². The maximum atomic E-state index is 14.9. The molecule has 0 fully saturated rings. The number of nitrogens with two attached hydrogens (primary N) is 1. The highest BCUT2D eigenvalue weighted by Gasteiger charge is 2.40. The van der Waals surface area contributed by atoms with Crippen molar-refractivity contribution in [2.24, 2.45) is 5.73 Å². The van der Waals surface area contributed by atoms with Gasteiger partial charge < -0.3 is 15.2 Å². The molecule has 2 N–H and O–H groups in total. The molecule has 0 aliphatic carbocycles. The van der Waals surface area contributed by atoms with E-state index in [1.165, 1.54) is 48.5 Å². The standard InChI is InChI=1S/C24H18F2N2O5S/c1-32-23(30)18-17(13-8-4-6-10-15(13)26)19(24(31)33-2)22-28(20(18)27)21(29)16(34-22)11-12-7-3-5-9-14(12)25/h3-11,17H,27H2,1-2H3/t17-/m0/s1. The minimum absolute atomic E-state index is 0.0296. The second-order valence-corrected chi connectivity index (χ2v) is 8.26. The molecule has 2 heterocycles. The third kappa shape index (κ3) is 3.71. The Hall–Kier alpha value is -4.05. The molecule has 1 atom stereocenters. The van der Waals surface area contributed by atoms with Crippen LogP contribution < -0.4 is 20.5 Å². The van der Waals surface area contributed by atoms with E-state index in [1.54, 1.807) is 6.07 Å². The molecular weight excluding hydrogens is 466 g/mol. The summed E-state index contributed by atoms with van der Waals surface area (Å²) in [4.78, 5) is 39.0. The lowest BCUT2D eigenvalue weighted by molar-refractivity contribution is -0.136. The van der Waals surface area contributed by atoms with Crippen molar-refractivity contribution in [3.63, 3.8) is 0 Å². The van der Waals surface area contributed by atoms with Gasteiger partial charge in [-0.05, 0) is 18.2 Å². The fourth-order valence-electron chi connectivity index (χ4n) is 3.82. The van der Waals surface area contributed by atoms with Crippen molar-refractivity contribution in [1.82, 2.24) is 4.57 Å². The molecule has 0 saturated heterocycles. The van der Waals surface area contributed by atoms with Crippen LogP contribution in [0.4, 0.5) is 8.78 Å². The smallest absolute Gasteiger partial charge is 0.338 e. The van der Waals surface area contributed by atoms with Crippen molar-refractivity contribution in [3.8, 4) is 0 Å². The number of methoxy groups -OCH3 is 2. The van der Waals surface area contributed by atoms with E-state index in [-0.39, 0.29) is 37.3 Å². The predicted molar refractivity (Wildman–Crippen MR) is 122 cm³/mol. The van der Waals surface area contributed by atoms with Crippen LogP contribution in [0.25, 0.3) is 17.5 Å². The fraction of sp³-hybridized carbons (Fsp3) is 0.125. The third-order valence-electron chi connectivity index (χ3n) is 5.37. The van der Waals surface area contributed by atoms with Crippen LogP contribution >= 0.6 is 11.3 Å². The van der Waals surface area contributed by atoms with Gasteiger partial charge in [0.25, 0.3) is 5.56 Å². The number of nitrogens with zero attached hydrogens (tertiary/aromatic N) is 1. The number of hydrogen-bond acceptors (Lipinski definition) is 7. The molecule has 34 heavy (non-hydrogen) atoms. The number of esters is 2. The Labute approximate surface area is 195 Å². The molecule has 1 aliphatic heterocycles. The Balaban J connectivity index is 2.17. The summed E-state index contributed by atoms with van der Waals surface area (Å²) in [7, 11) is 2.22. The summed E-state index contributed by atoms with van der Waals surface area (Å²) >= 11 is 0.848. The molecule has 0 spiro atoms. The number of thiazole rings is 1. The first kappa shape index (κ1) is 23.1. The Morgan fingerprint density at radius 1 is 0.971 bits per heavy atom. The first-order valence-corrected chi connectivity index (χ1v) is 10.7. The van der Waals surface area contributed by atoms with Gasteiger partial charge >= 0.3 is 11.9 Å². The van der Waals surface area contributed by atoms with E-state index in [1.807, 2.05) is 0 Å². The van der Waals surface area contributed by atoms with E-state index >= 15 is 0 Å². The van der Waals surface area contributed by atoms with Crippen molar-refractivity contribution in [1.29, 1.82) is 0 Å². The number of benzene rings is 2. The summed E-state index contributed by atoms with van der Waals surface area (Å²) in [6.45, 7) is 0. The predicted octanol–water partition coefficient (Wildman–Crippen LogP) is 1.44. The van der Waals surface area contributed by atoms with Gasteiger partial charge in [0.05, 0.1) is 35.8 Å². The highest BCUT2D eigenvalue weighted by Crippen LogP contribution is 2.38. The summed E-state index contributed by atoms with van der Waals surface area (Å²) in [6.07, 6.45) is 1.31. The van der Waals surface area contributed by atoms with E-state index < -0.39 is 35.1 Å². The van der Waals surface area contributed by atoms with Crippen molar-refractivity contribution in [2.75, 3.05) is 14.2 Å². The van der Waals surface area contributed by atoms with E-state index in [4.69, 9.17) is 15.2 Å². The zero-order chi connectivity index (χ0) is 24.6. The molecule has 0 bridgehead atoms. The van der Waals surface area contributed by atoms with Crippen LogP contribution in [0, 0.1) is 11.6 Å². The summed E-state index contributed by atoms with van der Waals surface area (Å²) in [5, 5.41) is 0. The van der Waals surface area contributed by atoms with Crippen molar-refractivity contribution < 1.29 is 27.8 Å². The summed E-state index contributed by atoms with van der Waals surface area (Å²) < 4.78 is 39.9. The topological polar surface area (TPSA) is 101 Å². The van der Waals surface area contributed by atoms with Crippen LogP contribution in [0.2, 0.25) is 0 Å². The lowest BCUT2D eigenvalue weighted by Crippen LogP contribution is -2.41. The summed E-state index contributed by atoms with van der Waals surface area (Å²) in [6, 6.07) is 11.4. The van der Waals surface area contributed by atoms with Crippen molar-refractivity contribution in [2.45, 2.75) is 5.92 Å². The Morgan fingerprint density at radius 2 is 1.56 bits per heavy atom. The summed E-state index contributed by atoms with van der Waals surface area (Å²) in [5.74, 6) is -4.73. The number of carbonyl (C=O) groups excluding carboxylic acids is 2. The molecule has 0 amide bonds.